The van der Waals surface area contributed by atoms with E-state index in [-0.39, 0.29) is 16.7 Å². The minimum absolute atomic E-state index is 0.0453. The molecule has 1 rings (SSSR count). The van der Waals surface area contributed by atoms with E-state index >= 15 is 0 Å². The lowest BCUT2D eigenvalue weighted by atomic mass is 10.4. The normalized spacial score (nSPS) is 9.92. The van der Waals surface area contributed by atoms with Crippen molar-refractivity contribution < 1.29 is 9.84 Å². The number of hydrogen-bond acceptors (Lipinski definition) is 4. The largest absolute Gasteiger partial charge is 0.503 e. The molecule has 1 radical (unpaired) electrons. The average molecular weight is 199 g/mol. The molecule has 0 aliphatic heterocycles. The van der Waals surface area contributed by atoms with Crippen LogP contribution in [0.4, 0.5) is 0 Å². The highest BCUT2D eigenvalue weighted by atomic mass is 32.1. The van der Waals surface area contributed by atoms with Gasteiger partial charge in [-0.3, -0.25) is 0 Å². The molecule has 0 spiro atoms. The van der Waals surface area contributed by atoms with Gasteiger partial charge < -0.3 is 9.84 Å². The van der Waals surface area contributed by atoms with Crippen LogP contribution in [0.15, 0.2) is 11.1 Å². The quantitative estimate of drug-likeness (QED) is 0.753. The van der Waals surface area contributed by atoms with Gasteiger partial charge in [0.2, 0.25) is 0 Å². The van der Waals surface area contributed by atoms with Gasteiger partial charge in [0.25, 0.3) is 5.88 Å². The molecule has 71 valence electrons. The molecule has 0 aliphatic carbocycles. The van der Waals surface area contributed by atoms with Gasteiger partial charge in [-0.25, -0.2) is 0 Å². The molecule has 0 fully saturated rings. The molecule has 1 heterocycles. The Hall–Kier alpha value is -1.10. The third kappa shape index (κ3) is 3.02. The maximum atomic E-state index is 9.30. The molecule has 4 nitrogen and oxygen atoms in total. The van der Waals surface area contributed by atoms with Gasteiger partial charge in [-0.1, -0.05) is 26.0 Å². The third-order valence-electron chi connectivity index (χ3n) is 1.46. The first kappa shape index (κ1) is 9.98. The summed E-state index contributed by atoms with van der Waals surface area (Å²) >= 11 is 4.71. The van der Waals surface area contributed by atoms with E-state index in [1.807, 2.05) is 0 Å². The number of aromatic nitrogens is 2. The Balaban J connectivity index is 2.56. The lowest BCUT2D eigenvalue weighted by Gasteiger charge is -2.04. The standard InChI is InChI=1S/C8H11N2O2S/c1-2-3-4-12-8-6(11)5-7(13)9-10-8/h5H,2-4H2,1H3,(H,9,11). The highest BCUT2D eigenvalue weighted by Gasteiger charge is 2.05. The van der Waals surface area contributed by atoms with Crippen LogP contribution in [0.1, 0.15) is 19.8 Å². The average Bonchev–Trinajstić information content (AvgIpc) is 2.09. The summed E-state index contributed by atoms with van der Waals surface area (Å²) in [5.41, 5.74) is 0. The number of nitrogens with zero attached hydrogens (tertiary/aromatic N) is 2. The topological polar surface area (TPSA) is 55.2 Å². The van der Waals surface area contributed by atoms with E-state index in [1.54, 1.807) is 0 Å². The van der Waals surface area contributed by atoms with Crippen molar-refractivity contribution in [3.8, 4) is 11.6 Å². The highest BCUT2D eigenvalue weighted by molar-refractivity contribution is 7.80. The monoisotopic (exact) mass is 199 g/mol. The Labute approximate surface area is 82.4 Å². The predicted octanol–water partition coefficient (Wildman–Crippen LogP) is 1.92. The van der Waals surface area contributed by atoms with Crippen molar-refractivity contribution in [2.24, 2.45) is 0 Å². The van der Waals surface area contributed by atoms with E-state index in [0.29, 0.717) is 6.61 Å². The van der Waals surface area contributed by atoms with Crippen LogP contribution in [0.25, 0.3) is 0 Å². The molecule has 1 aromatic rings. The van der Waals surface area contributed by atoms with Crippen LogP contribution in [0.2, 0.25) is 0 Å². The molecule has 1 N–H and O–H groups in total. The third-order valence-corrected chi connectivity index (χ3v) is 1.65. The Morgan fingerprint density at radius 1 is 1.54 bits per heavy atom. The molecule has 0 bridgehead atoms. The summed E-state index contributed by atoms with van der Waals surface area (Å²) in [6.07, 6.45) is 1.96. The van der Waals surface area contributed by atoms with E-state index < -0.39 is 0 Å². The van der Waals surface area contributed by atoms with Crippen molar-refractivity contribution in [1.29, 1.82) is 0 Å². The first-order valence-corrected chi connectivity index (χ1v) is 4.51. The molecule has 0 unspecified atom stereocenters. The van der Waals surface area contributed by atoms with E-state index in [2.05, 4.69) is 17.1 Å². The second-order valence-corrected chi connectivity index (χ2v) is 2.99. The Morgan fingerprint density at radius 2 is 2.31 bits per heavy atom. The second kappa shape index (κ2) is 4.81. The van der Waals surface area contributed by atoms with Crippen molar-refractivity contribution >= 4 is 12.6 Å². The molecule has 0 atom stereocenters. The molecule has 0 saturated carbocycles. The van der Waals surface area contributed by atoms with Gasteiger partial charge in [0.15, 0.2) is 10.8 Å². The van der Waals surface area contributed by atoms with Crippen molar-refractivity contribution in [2.45, 2.75) is 24.8 Å². The number of rotatable bonds is 4. The smallest absolute Gasteiger partial charge is 0.276 e. The zero-order valence-corrected chi connectivity index (χ0v) is 8.17. The highest BCUT2D eigenvalue weighted by Crippen LogP contribution is 2.23. The molecule has 5 heteroatoms. The van der Waals surface area contributed by atoms with Crippen molar-refractivity contribution in [3.05, 3.63) is 6.07 Å². The van der Waals surface area contributed by atoms with Gasteiger partial charge in [0.05, 0.1) is 6.61 Å². The maximum absolute atomic E-state index is 9.30. The van der Waals surface area contributed by atoms with Gasteiger partial charge in [-0.05, 0) is 6.42 Å². The van der Waals surface area contributed by atoms with Gasteiger partial charge in [0, 0.05) is 6.07 Å². The fourth-order valence-corrected chi connectivity index (χ4v) is 0.922. The number of hydrogen-bond donors (Lipinski definition) is 1. The Kier molecular flexibility index (Phi) is 3.70. The summed E-state index contributed by atoms with van der Waals surface area (Å²) in [7, 11) is 0. The zero-order chi connectivity index (χ0) is 9.68. The molecule has 0 aromatic carbocycles. The minimum Gasteiger partial charge on any atom is -0.503 e. The van der Waals surface area contributed by atoms with E-state index in [9.17, 15) is 5.11 Å². The molecular weight excluding hydrogens is 188 g/mol. The second-order valence-electron chi connectivity index (χ2n) is 2.57. The van der Waals surface area contributed by atoms with Gasteiger partial charge in [-0.2, -0.15) is 0 Å². The minimum atomic E-state index is -0.0453. The fraction of sp³-hybridized carbons (Fsp3) is 0.500. The number of aromatic hydroxyl groups is 1. The van der Waals surface area contributed by atoms with E-state index in [0.717, 1.165) is 12.8 Å². The van der Waals surface area contributed by atoms with Crippen LogP contribution in [-0.4, -0.2) is 21.9 Å². The molecule has 1 aromatic heterocycles. The summed E-state index contributed by atoms with van der Waals surface area (Å²) < 4.78 is 5.16. The Morgan fingerprint density at radius 3 is 2.92 bits per heavy atom. The van der Waals surface area contributed by atoms with Crippen molar-refractivity contribution in [2.75, 3.05) is 6.61 Å². The van der Waals surface area contributed by atoms with E-state index in [1.165, 1.54) is 6.07 Å². The van der Waals surface area contributed by atoms with Gasteiger partial charge in [0.1, 0.15) is 0 Å². The van der Waals surface area contributed by atoms with Gasteiger partial charge >= 0.3 is 0 Å². The lowest BCUT2D eigenvalue weighted by Crippen LogP contribution is -1.99. The van der Waals surface area contributed by atoms with Crippen LogP contribution in [0.3, 0.4) is 0 Å². The molecule has 0 saturated heterocycles. The van der Waals surface area contributed by atoms with E-state index in [4.69, 9.17) is 17.4 Å². The van der Waals surface area contributed by atoms with Crippen molar-refractivity contribution in [3.63, 3.8) is 0 Å². The molecule has 0 aliphatic rings. The first-order chi connectivity index (χ1) is 6.24. The van der Waals surface area contributed by atoms with Crippen LogP contribution in [0.5, 0.6) is 11.6 Å². The van der Waals surface area contributed by atoms with Crippen molar-refractivity contribution in [1.82, 2.24) is 10.2 Å². The zero-order valence-electron chi connectivity index (χ0n) is 7.36. The molecule has 0 amide bonds. The first-order valence-electron chi connectivity index (χ1n) is 4.10. The number of ether oxygens (including phenoxy) is 1. The summed E-state index contributed by atoms with van der Waals surface area (Å²) in [4.78, 5) is 0. The number of unbranched alkanes of at least 4 members (excludes halogenated alkanes) is 1. The fourth-order valence-electron chi connectivity index (χ4n) is 0.769. The van der Waals surface area contributed by atoms with Crippen LogP contribution < -0.4 is 4.74 Å². The summed E-state index contributed by atoms with van der Waals surface area (Å²) in [5, 5.41) is 16.8. The summed E-state index contributed by atoms with van der Waals surface area (Å²) in [6.45, 7) is 2.59. The predicted molar refractivity (Wildman–Crippen MR) is 50.0 cm³/mol. The summed E-state index contributed by atoms with van der Waals surface area (Å²) in [5.74, 6) is 0.109. The molecule has 13 heavy (non-hydrogen) atoms. The Bertz CT molecular complexity index is 281. The van der Waals surface area contributed by atoms with Crippen LogP contribution in [-0.2, 0) is 0 Å². The lowest BCUT2D eigenvalue weighted by molar-refractivity contribution is 0.275. The van der Waals surface area contributed by atoms with Crippen LogP contribution in [0, 0.1) is 0 Å². The SMILES string of the molecule is CCCCOc1nnc([S])cc1O. The summed E-state index contributed by atoms with van der Waals surface area (Å²) in [6, 6.07) is 1.35. The van der Waals surface area contributed by atoms with Crippen LogP contribution >= 0.6 is 12.6 Å². The van der Waals surface area contributed by atoms with Gasteiger partial charge in [-0.15, -0.1) is 10.2 Å². The molecular formula is C8H11N2O2S. The maximum Gasteiger partial charge on any atom is 0.276 e.